The number of pyridine rings is 1. The first-order valence-electron chi connectivity index (χ1n) is 11.3. The van der Waals surface area contributed by atoms with Crippen molar-refractivity contribution >= 4 is 23.1 Å². The number of aromatic nitrogens is 1. The van der Waals surface area contributed by atoms with E-state index in [0.29, 0.717) is 24.7 Å². The number of nitrogens with zero attached hydrogens (tertiary/aromatic N) is 4. The maximum absolute atomic E-state index is 13.3. The van der Waals surface area contributed by atoms with Gasteiger partial charge in [0.2, 0.25) is 5.88 Å². The number of hydrazine groups is 1. The molecule has 2 aromatic carbocycles. The second kappa shape index (κ2) is 10.3. The molecule has 0 aliphatic carbocycles. The highest BCUT2D eigenvalue weighted by molar-refractivity contribution is 5.81. The minimum absolute atomic E-state index is 0.172. The molecule has 3 aromatic rings. The van der Waals surface area contributed by atoms with Crippen LogP contribution in [-0.2, 0) is 0 Å². The van der Waals surface area contributed by atoms with Gasteiger partial charge in [0.1, 0.15) is 11.4 Å². The van der Waals surface area contributed by atoms with Gasteiger partial charge in [0.25, 0.3) is 0 Å². The van der Waals surface area contributed by atoms with Crippen molar-refractivity contribution in [2.45, 2.75) is 13.8 Å². The van der Waals surface area contributed by atoms with Gasteiger partial charge in [-0.2, -0.15) is 0 Å². The number of ether oxygens (including phenoxy) is 2. The van der Waals surface area contributed by atoms with Crippen LogP contribution in [0.25, 0.3) is 0 Å². The smallest absolute Gasteiger partial charge is 0.336 e. The fourth-order valence-electron chi connectivity index (χ4n) is 3.96. The molecular weight excluding hydrogens is 430 g/mol. The molecule has 0 radical (unpaired) electrons. The molecule has 1 aliphatic heterocycles. The highest BCUT2D eigenvalue weighted by Gasteiger charge is 2.25. The zero-order chi connectivity index (χ0) is 24.1. The van der Waals surface area contributed by atoms with Gasteiger partial charge in [0.05, 0.1) is 19.9 Å². The first-order chi connectivity index (χ1) is 16.5. The topological polar surface area (TPSA) is 70.2 Å². The Balaban J connectivity index is 1.52. The normalized spacial score (nSPS) is 13.4. The Morgan fingerprint density at radius 3 is 2.35 bits per heavy atom. The minimum atomic E-state index is -0.172. The van der Waals surface area contributed by atoms with E-state index in [1.54, 1.807) is 19.2 Å². The summed E-state index contributed by atoms with van der Waals surface area (Å²) in [7, 11) is 3.25. The van der Waals surface area contributed by atoms with E-state index < -0.39 is 0 Å². The van der Waals surface area contributed by atoms with Gasteiger partial charge in [-0.1, -0.05) is 24.3 Å². The standard InChI is InChI=1S/C26H31N5O3/c1-19-17-24(25(34-4)27-20(19)2)31(21-9-6-5-7-10-21)28-26(32)30-15-13-29(14-16-30)22-11-8-12-23(18-22)33-3/h5-12,17-18H,13-16H2,1-4H3,(H,28,32). The Bertz CT molecular complexity index is 1130. The Morgan fingerprint density at radius 1 is 0.941 bits per heavy atom. The van der Waals surface area contributed by atoms with Crippen LogP contribution in [-0.4, -0.2) is 56.3 Å². The van der Waals surface area contributed by atoms with Gasteiger partial charge >= 0.3 is 6.03 Å². The summed E-state index contributed by atoms with van der Waals surface area (Å²) in [5.41, 5.74) is 7.56. The molecular formula is C26H31N5O3. The number of hydrogen-bond donors (Lipinski definition) is 1. The van der Waals surface area contributed by atoms with Crippen LogP contribution in [0.4, 0.5) is 21.9 Å². The van der Waals surface area contributed by atoms with Crippen LogP contribution in [0.15, 0.2) is 60.7 Å². The van der Waals surface area contributed by atoms with Crippen molar-refractivity contribution in [3.63, 3.8) is 0 Å². The summed E-state index contributed by atoms with van der Waals surface area (Å²) in [6, 6.07) is 19.5. The van der Waals surface area contributed by atoms with E-state index in [2.05, 4.69) is 21.4 Å². The monoisotopic (exact) mass is 461 g/mol. The fraction of sp³-hybridized carbons (Fsp3) is 0.308. The molecule has 2 amide bonds. The molecule has 0 saturated carbocycles. The number of hydrogen-bond acceptors (Lipinski definition) is 6. The van der Waals surface area contributed by atoms with Crippen molar-refractivity contribution in [2.24, 2.45) is 0 Å². The predicted molar refractivity (Wildman–Crippen MR) is 134 cm³/mol. The highest BCUT2D eigenvalue weighted by atomic mass is 16.5. The number of piperazine rings is 1. The Kier molecular flexibility index (Phi) is 7.06. The van der Waals surface area contributed by atoms with Crippen LogP contribution < -0.4 is 24.8 Å². The van der Waals surface area contributed by atoms with Crippen LogP contribution in [0.5, 0.6) is 11.6 Å². The second-order valence-corrected chi connectivity index (χ2v) is 8.18. The van der Waals surface area contributed by atoms with E-state index in [4.69, 9.17) is 9.47 Å². The second-order valence-electron chi connectivity index (χ2n) is 8.18. The number of para-hydroxylation sites is 1. The van der Waals surface area contributed by atoms with Gasteiger partial charge in [-0.3, -0.25) is 0 Å². The maximum Gasteiger partial charge on any atom is 0.336 e. The molecule has 2 heterocycles. The average molecular weight is 462 g/mol. The molecule has 1 fully saturated rings. The molecule has 1 aromatic heterocycles. The maximum atomic E-state index is 13.3. The molecule has 0 atom stereocenters. The van der Waals surface area contributed by atoms with Gasteiger partial charge < -0.3 is 19.3 Å². The summed E-state index contributed by atoms with van der Waals surface area (Å²) in [5, 5.41) is 1.75. The van der Waals surface area contributed by atoms with E-state index in [1.165, 1.54) is 0 Å². The molecule has 1 aliphatic rings. The van der Waals surface area contributed by atoms with Gasteiger partial charge in [-0.25, -0.2) is 20.2 Å². The van der Waals surface area contributed by atoms with Crippen molar-refractivity contribution in [3.05, 3.63) is 71.9 Å². The number of nitrogens with one attached hydrogen (secondary N) is 1. The SMILES string of the molecule is COc1cccc(N2CCN(C(=O)NN(c3ccccc3)c3cc(C)c(C)nc3OC)CC2)c1. The Morgan fingerprint density at radius 2 is 1.68 bits per heavy atom. The van der Waals surface area contributed by atoms with Gasteiger partial charge in [-0.15, -0.1) is 0 Å². The van der Waals surface area contributed by atoms with E-state index in [9.17, 15) is 4.79 Å². The predicted octanol–water partition coefficient (Wildman–Crippen LogP) is 4.30. The lowest BCUT2D eigenvalue weighted by atomic mass is 10.2. The summed E-state index contributed by atoms with van der Waals surface area (Å²) >= 11 is 0. The number of benzene rings is 2. The summed E-state index contributed by atoms with van der Waals surface area (Å²) in [5.74, 6) is 1.28. The summed E-state index contributed by atoms with van der Waals surface area (Å²) < 4.78 is 10.9. The van der Waals surface area contributed by atoms with E-state index in [1.807, 2.05) is 73.3 Å². The van der Waals surface area contributed by atoms with E-state index >= 15 is 0 Å². The van der Waals surface area contributed by atoms with Crippen LogP contribution >= 0.6 is 0 Å². The van der Waals surface area contributed by atoms with E-state index in [0.717, 1.165) is 41.5 Å². The molecule has 34 heavy (non-hydrogen) atoms. The lowest BCUT2D eigenvalue weighted by Gasteiger charge is -2.37. The van der Waals surface area contributed by atoms with Crippen LogP contribution in [0.1, 0.15) is 11.3 Å². The fourth-order valence-corrected chi connectivity index (χ4v) is 3.96. The van der Waals surface area contributed by atoms with Crippen molar-refractivity contribution in [1.82, 2.24) is 15.3 Å². The Hall–Kier alpha value is -3.94. The molecule has 1 N–H and O–H groups in total. The Labute approximate surface area is 200 Å². The van der Waals surface area contributed by atoms with Crippen molar-refractivity contribution in [1.29, 1.82) is 0 Å². The summed E-state index contributed by atoms with van der Waals surface area (Å²) in [4.78, 5) is 22.0. The molecule has 178 valence electrons. The molecule has 0 spiro atoms. The quantitative estimate of drug-likeness (QED) is 0.552. The third-order valence-electron chi connectivity index (χ3n) is 6.05. The lowest BCUT2D eigenvalue weighted by molar-refractivity contribution is 0.194. The number of urea groups is 1. The van der Waals surface area contributed by atoms with Crippen LogP contribution in [0.3, 0.4) is 0 Å². The molecule has 0 unspecified atom stereocenters. The third kappa shape index (κ3) is 5.01. The number of rotatable bonds is 6. The number of anilines is 3. The van der Waals surface area contributed by atoms with Gasteiger partial charge in [0, 0.05) is 43.6 Å². The van der Waals surface area contributed by atoms with Crippen molar-refractivity contribution in [2.75, 3.05) is 50.3 Å². The number of carbonyl (C=O) groups is 1. The summed E-state index contributed by atoms with van der Waals surface area (Å²) in [6.45, 7) is 6.62. The first kappa shape index (κ1) is 23.2. The number of carbonyl (C=O) groups excluding carboxylic acids is 1. The number of amides is 2. The summed E-state index contributed by atoms with van der Waals surface area (Å²) in [6.07, 6.45) is 0. The zero-order valence-electron chi connectivity index (χ0n) is 20.1. The van der Waals surface area contributed by atoms with Crippen LogP contribution in [0.2, 0.25) is 0 Å². The van der Waals surface area contributed by atoms with Crippen LogP contribution in [0, 0.1) is 13.8 Å². The molecule has 0 bridgehead atoms. The molecule has 4 rings (SSSR count). The number of methoxy groups -OCH3 is 2. The molecule has 1 saturated heterocycles. The zero-order valence-corrected chi connectivity index (χ0v) is 20.1. The average Bonchev–Trinajstić information content (AvgIpc) is 2.89. The van der Waals surface area contributed by atoms with Crippen molar-refractivity contribution < 1.29 is 14.3 Å². The largest absolute Gasteiger partial charge is 0.497 e. The molecule has 8 heteroatoms. The lowest BCUT2D eigenvalue weighted by Crippen LogP contribution is -2.54. The first-order valence-corrected chi connectivity index (χ1v) is 11.3. The van der Waals surface area contributed by atoms with E-state index in [-0.39, 0.29) is 6.03 Å². The number of aryl methyl sites for hydroxylation is 2. The highest BCUT2D eigenvalue weighted by Crippen LogP contribution is 2.32. The molecule has 8 nitrogen and oxygen atoms in total. The third-order valence-corrected chi connectivity index (χ3v) is 6.05. The minimum Gasteiger partial charge on any atom is -0.497 e. The van der Waals surface area contributed by atoms with Gasteiger partial charge in [0.15, 0.2) is 0 Å². The van der Waals surface area contributed by atoms with Crippen molar-refractivity contribution in [3.8, 4) is 11.6 Å². The van der Waals surface area contributed by atoms with Gasteiger partial charge in [-0.05, 0) is 49.7 Å².